The normalized spacial score (nSPS) is 17.2. The molecule has 1 heterocycles. The van der Waals surface area contributed by atoms with Crippen LogP contribution in [0.25, 0.3) is 0 Å². The second-order valence-corrected chi connectivity index (χ2v) is 3.67. The molecule has 0 spiro atoms. The zero-order valence-corrected chi connectivity index (χ0v) is 8.53. The van der Waals surface area contributed by atoms with Crippen LogP contribution in [-0.4, -0.2) is 25.3 Å². The first kappa shape index (κ1) is 9.34. The van der Waals surface area contributed by atoms with Gasteiger partial charge in [-0.15, -0.1) is 0 Å². The Morgan fingerprint density at radius 2 is 2.29 bits per heavy atom. The first-order valence-electron chi connectivity index (χ1n) is 4.84. The van der Waals surface area contributed by atoms with E-state index in [0.717, 1.165) is 30.2 Å². The molecule has 1 aliphatic heterocycles. The van der Waals surface area contributed by atoms with Crippen molar-refractivity contribution in [3.63, 3.8) is 0 Å². The molecule has 0 saturated carbocycles. The predicted octanol–water partition coefficient (Wildman–Crippen LogP) is 1.57. The molecule has 0 radical (unpaired) electrons. The summed E-state index contributed by atoms with van der Waals surface area (Å²) in [6.07, 6.45) is -0.421. The molecule has 1 aromatic rings. The van der Waals surface area contributed by atoms with Crippen molar-refractivity contribution in [1.29, 1.82) is 0 Å². The third-order valence-corrected chi connectivity index (χ3v) is 2.56. The highest BCUT2D eigenvalue weighted by molar-refractivity contribution is 5.61. The third kappa shape index (κ3) is 1.55. The van der Waals surface area contributed by atoms with E-state index in [9.17, 15) is 5.11 Å². The van der Waals surface area contributed by atoms with Crippen LogP contribution < -0.4 is 9.64 Å². The summed E-state index contributed by atoms with van der Waals surface area (Å²) >= 11 is 0. The lowest BCUT2D eigenvalue weighted by Crippen LogP contribution is -2.28. The lowest BCUT2D eigenvalue weighted by Gasteiger charge is -2.28. The summed E-state index contributed by atoms with van der Waals surface area (Å²) in [4.78, 5) is 2.14. The number of aliphatic hydroxyl groups is 1. The van der Waals surface area contributed by atoms with Crippen LogP contribution in [0, 0.1) is 0 Å². The summed E-state index contributed by atoms with van der Waals surface area (Å²) in [6.45, 7) is 3.40. The van der Waals surface area contributed by atoms with Gasteiger partial charge in [-0.2, -0.15) is 0 Å². The zero-order chi connectivity index (χ0) is 10.1. The monoisotopic (exact) mass is 193 g/mol. The molecular weight excluding hydrogens is 178 g/mol. The fourth-order valence-corrected chi connectivity index (χ4v) is 1.63. The smallest absolute Gasteiger partial charge is 0.142 e. The summed E-state index contributed by atoms with van der Waals surface area (Å²) in [5, 5.41) is 9.45. The highest BCUT2D eigenvalue weighted by atomic mass is 16.5. The van der Waals surface area contributed by atoms with Crippen LogP contribution in [0.4, 0.5) is 5.69 Å². The molecule has 1 aliphatic rings. The Morgan fingerprint density at radius 3 is 3.00 bits per heavy atom. The average molecular weight is 193 g/mol. The predicted molar refractivity (Wildman–Crippen MR) is 55.8 cm³/mol. The molecule has 0 fully saturated rings. The van der Waals surface area contributed by atoms with Crippen LogP contribution in [-0.2, 0) is 0 Å². The van der Waals surface area contributed by atoms with Gasteiger partial charge in [-0.3, -0.25) is 0 Å². The van der Waals surface area contributed by atoms with E-state index in [-0.39, 0.29) is 0 Å². The van der Waals surface area contributed by atoms with Crippen molar-refractivity contribution in [1.82, 2.24) is 0 Å². The van der Waals surface area contributed by atoms with Crippen molar-refractivity contribution in [3.8, 4) is 5.75 Å². The fourth-order valence-electron chi connectivity index (χ4n) is 1.63. The minimum Gasteiger partial charge on any atom is -0.490 e. The summed E-state index contributed by atoms with van der Waals surface area (Å²) in [6, 6.07) is 5.81. The number of anilines is 1. The standard InChI is InChI=1S/C11H15NO2/c1-8(13)9-3-4-11-10(7-9)12(2)5-6-14-11/h3-4,7-8,13H,5-6H2,1-2H3/t8-/m1/s1. The van der Waals surface area contributed by atoms with Crippen LogP contribution in [0.2, 0.25) is 0 Å². The maximum atomic E-state index is 9.45. The van der Waals surface area contributed by atoms with Crippen molar-refractivity contribution >= 4 is 5.69 Å². The SMILES string of the molecule is C[C@@H](O)c1ccc2c(c1)N(C)CCO2. The highest BCUT2D eigenvalue weighted by Crippen LogP contribution is 2.32. The molecule has 0 saturated heterocycles. The molecule has 0 bridgehead atoms. The number of nitrogens with zero attached hydrogens (tertiary/aromatic N) is 1. The van der Waals surface area contributed by atoms with Gasteiger partial charge in [0.2, 0.25) is 0 Å². The Balaban J connectivity index is 2.41. The molecule has 1 atom stereocenters. The van der Waals surface area contributed by atoms with E-state index in [1.165, 1.54) is 0 Å². The van der Waals surface area contributed by atoms with Gasteiger partial charge in [0, 0.05) is 7.05 Å². The van der Waals surface area contributed by atoms with Gasteiger partial charge in [0.1, 0.15) is 12.4 Å². The van der Waals surface area contributed by atoms with Crippen LogP contribution in [0.1, 0.15) is 18.6 Å². The molecule has 14 heavy (non-hydrogen) atoms. The molecule has 1 N–H and O–H groups in total. The van der Waals surface area contributed by atoms with E-state index in [1.54, 1.807) is 6.92 Å². The Kier molecular flexibility index (Phi) is 2.33. The number of benzene rings is 1. The topological polar surface area (TPSA) is 32.7 Å². The number of likely N-dealkylation sites (N-methyl/N-ethyl adjacent to an activating group) is 1. The van der Waals surface area contributed by atoms with E-state index >= 15 is 0 Å². The van der Waals surface area contributed by atoms with Gasteiger partial charge in [-0.1, -0.05) is 6.07 Å². The first-order chi connectivity index (χ1) is 6.68. The Hall–Kier alpha value is -1.22. The highest BCUT2D eigenvalue weighted by Gasteiger charge is 2.15. The molecular formula is C11H15NO2. The van der Waals surface area contributed by atoms with E-state index < -0.39 is 6.10 Å². The van der Waals surface area contributed by atoms with Crippen LogP contribution in [0.15, 0.2) is 18.2 Å². The zero-order valence-electron chi connectivity index (χ0n) is 8.53. The van der Waals surface area contributed by atoms with Gasteiger partial charge in [-0.25, -0.2) is 0 Å². The van der Waals surface area contributed by atoms with Crippen molar-refractivity contribution < 1.29 is 9.84 Å². The van der Waals surface area contributed by atoms with Crippen LogP contribution in [0.5, 0.6) is 5.75 Å². The van der Waals surface area contributed by atoms with E-state index in [4.69, 9.17) is 4.74 Å². The van der Waals surface area contributed by atoms with Crippen molar-refractivity contribution in [2.75, 3.05) is 25.1 Å². The van der Waals surface area contributed by atoms with Gasteiger partial charge < -0.3 is 14.7 Å². The van der Waals surface area contributed by atoms with Gasteiger partial charge >= 0.3 is 0 Å². The largest absolute Gasteiger partial charge is 0.490 e. The quantitative estimate of drug-likeness (QED) is 0.734. The summed E-state index contributed by atoms with van der Waals surface area (Å²) < 4.78 is 5.51. The minimum absolute atomic E-state index is 0.421. The summed E-state index contributed by atoms with van der Waals surface area (Å²) in [5.74, 6) is 0.906. The maximum absolute atomic E-state index is 9.45. The molecule has 0 unspecified atom stereocenters. The average Bonchev–Trinajstić information content (AvgIpc) is 2.18. The van der Waals surface area contributed by atoms with Gasteiger partial charge in [0.25, 0.3) is 0 Å². The number of aliphatic hydroxyl groups excluding tert-OH is 1. The minimum atomic E-state index is -0.421. The number of fused-ring (bicyclic) bond motifs is 1. The number of hydrogen-bond donors (Lipinski definition) is 1. The number of rotatable bonds is 1. The Labute approximate surface area is 83.9 Å². The van der Waals surface area contributed by atoms with Crippen molar-refractivity contribution in [2.24, 2.45) is 0 Å². The number of hydrogen-bond acceptors (Lipinski definition) is 3. The van der Waals surface area contributed by atoms with Crippen LogP contribution in [0.3, 0.4) is 0 Å². The van der Waals surface area contributed by atoms with Crippen LogP contribution >= 0.6 is 0 Å². The maximum Gasteiger partial charge on any atom is 0.142 e. The van der Waals surface area contributed by atoms with E-state index in [2.05, 4.69) is 4.90 Å². The second kappa shape index (κ2) is 3.50. The molecule has 0 aliphatic carbocycles. The fraction of sp³-hybridized carbons (Fsp3) is 0.455. The molecule has 0 aromatic heterocycles. The van der Waals surface area contributed by atoms with Gasteiger partial charge in [0.15, 0.2) is 0 Å². The molecule has 3 heteroatoms. The van der Waals surface area contributed by atoms with Gasteiger partial charge in [0.05, 0.1) is 18.3 Å². The van der Waals surface area contributed by atoms with E-state index in [1.807, 2.05) is 25.2 Å². The lowest BCUT2D eigenvalue weighted by molar-refractivity contribution is 0.199. The second-order valence-electron chi connectivity index (χ2n) is 3.67. The Bertz CT molecular complexity index is 336. The number of ether oxygens (including phenoxy) is 1. The summed E-state index contributed by atoms with van der Waals surface area (Å²) in [5.41, 5.74) is 2.00. The third-order valence-electron chi connectivity index (χ3n) is 2.56. The van der Waals surface area contributed by atoms with Crippen molar-refractivity contribution in [2.45, 2.75) is 13.0 Å². The van der Waals surface area contributed by atoms with Gasteiger partial charge in [-0.05, 0) is 24.6 Å². The first-order valence-corrected chi connectivity index (χ1v) is 4.84. The molecule has 76 valence electrons. The molecule has 3 nitrogen and oxygen atoms in total. The summed E-state index contributed by atoms with van der Waals surface area (Å²) in [7, 11) is 2.03. The molecule has 0 amide bonds. The molecule has 2 rings (SSSR count). The molecule has 1 aromatic carbocycles. The Morgan fingerprint density at radius 1 is 1.50 bits per heavy atom. The van der Waals surface area contributed by atoms with Crippen molar-refractivity contribution in [3.05, 3.63) is 23.8 Å². The lowest BCUT2D eigenvalue weighted by atomic mass is 10.1. The van der Waals surface area contributed by atoms with E-state index in [0.29, 0.717) is 0 Å².